The molecule has 1 aliphatic carbocycles. The molecule has 3 rings (SSSR count). The SMILES string of the molecule is NC(=S)Nc1c(SCCBr)cc(O)c2c1C(=O)c1ccccc1C2=O. The molecule has 0 aromatic heterocycles. The molecule has 0 heterocycles. The number of nitrogens with two attached hydrogens (primary N) is 1. The smallest absolute Gasteiger partial charge is 0.198 e. The predicted octanol–water partition coefficient (Wildman–Crippen LogP) is 3.31. The van der Waals surface area contributed by atoms with Crippen LogP contribution < -0.4 is 11.1 Å². The summed E-state index contributed by atoms with van der Waals surface area (Å²) in [6, 6.07) is 8.01. The number of nitrogens with one attached hydrogen (secondary N) is 1. The molecule has 1 aliphatic rings. The highest BCUT2D eigenvalue weighted by Crippen LogP contribution is 2.42. The average molecular weight is 437 g/mol. The van der Waals surface area contributed by atoms with E-state index in [0.29, 0.717) is 21.9 Å². The predicted molar refractivity (Wildman–Crippen MR) is 106 cm³/mol. The van der Waals surface area contributed by atoms with E-state index in [1.807, 2.05) is 0 Å². The molecule has 5 nitrogen and oxygen atoms in total. The van der Waals surface area contributed by atoms with Crippen molar-refractivity contribution in [1.29, 1.82) is 0 Å². The number of alkyl halides is 1. The van der Waals surface area contributed by atoms with Crippen LogP contribution in [0.2, 0.25) is 0 Å². The van der Waals surface area contributed by atoms with Gasteiger partial charge >= 0.3 is 0 Å². The van der Waals surface area contributed by atoms with Gasteiger partial charge in [-0.05, 0) is 18.3 Å². The molecule has 0 unspecified atom stereocenters. The Morgan fingerprint density at radius 2 is 1.80 bits per heavy atom. The Bertz CT molecular complexity index is 915. The van der Waals surface area contributed by atoms with Crippen LogP contribution in [0, 0.1) is 0 Å². The molecule has 0 atom stereocenters. The van der Waals surface area contributed by atoms with Gasteiger partial charge in [-0.1, -0.05) is 40.2 Å². The van der Waals surface area contributed by atoms with Crippen molar-refractivity contribution in [3.05, 3.63) is 52.6 Å². The summed E-state index contributed by atoms with van der Waals surface area (Å²) in [5.41, 5.74) is 6.63. The first-order chi connectivity index (χ1) is 12.0. The van der Waals surface area contributed by atoms with E-state index in [4.69, 9.17) is 18.0 Å². The van der Waals surface area contributed by atoms with E-state index >= 15 is 0 Å². The van der Waals surface area contributed by atoms with Crippen LogP contribution in [0.15, 0.2) is 35.2 Å². The van der Waals surface area contributed by atoms with E-state index in [-0.39, 0.29) is 33.3 Å². The van der Waals surface area contributed by atoms with Gasteiger partial charge in [0.25, 0.3) is 0 Å². The fraction of sp³-hybridized carbons (Fsp3) is 0.118. The Kier molecular flexibility index (Phi) is 5.12. The Morgan fingerprint density at radius 3 is 2.36 bits per heavy atom. The first-order valence-electron chi connectivity index (χ1n) is 7.29. The second kappa shape index (κ2) is 7.15. The Labute approximate surface area is 162 Å². The van der Waals surface area contributed by atoms with Crippen LogP contribution in [0.1, 0.15) is 31.8 Å². The van der Waals surface area contributed by atoms with Gasteiger partial charge in [0.05, 0.1) is 16.8 Å². The lowest BCUT2D eigenvalue weighted by atomic mass is 9.82. The van der Waals surface area contributed by atoms with E-state index in [2.05, 4.69) is 21.2 Å². The largest absolute Gasteiger partial charge is 0.507 e. The molecule has 25 heavy (non-hydrogen) atoms. The van der Waals surface area contributed by atoms with Crippen LogP contribution >= 0.6 is 39.9 Å². The number of fused-ring (bicyclic) bond motifs is 2. The lowest BCUT2D eigenvalue weighted by Crippen LogP contribution is -2.26. The van der Waals surface area contributed by atoms with Gasteiger partial charge in [-0.3, -0.25) is 9.59 Å². The standard InChI is InChI=1S/C17H13BrN2O3S2/c18-5-6-25-11-7-10(21)12-13(14(11)20-17(19)24)16(23)9-4-2-1-3-8(9)15(12)22/h1-4,7,21H,5-6H2,(H3,19,20,24). The molecule has 0 aliphatic heterocycles. The van der Waals surface area contributed by atoms with Crippen molar-refractivity contribution in [2.45, 2.75) is 4.90 Å². The van der Waals surface area contributed by atoms with Gasteiger partial charge in [0.15, 0.2) is 16.7 Å². The highest BCUT2D eigenvalue weighted by molar-refractivity contribution is 9.09. The monoisotopic (exact) mass is 436 g/mol. The minimum Gasteiger partial charge on any atom is -0.507 e. The van der Waals surface area contributed by atoms with E-state index in [9.17, 15) is 14.7 Å². The summed E-state index contributed by atoms with van der Waals surface area (Å²) >= 11 is 9.68. The molecule has 0 radical (unpaired) electrons. The number of carbonyl (C=O) groups is 2. The number of halogens is 1. The van der Waals surface area contributed by atoms with Crippen molar-refractivity contribution in [2.75, 3.05) is 16.4 Å². The first-order valence-corrected chi connectivity index (χ1v) is 9.80. The molecule has 0 saturated carbocycles. The fourth-order valence-electron chi connectivity index (χ4n) is 2.76. The summed E-state index contributed by atoms with van der Waals surface area (Å²) in [5.74, 6) is -0.275. The molecule has 0 bridgehead atoms. The summed E-state index contributed by atoms with van der Waals surface area (Å²) in [4.78, 5) is 26.4. The highest BCUT2D eigenvalue weighted by Gasteiger charge is 2.35. The third-order valence-corrected chi connectivity index (χ3v) is 5.79. The van der Waals surface area contributed by atoms with Gasteiger partial charge in [0.1, 0.15) is 5.75 Å². The highest BCUT2D eigenvalue weighted by atomic mass is 79.9. The number of phenolic OH excluding ortho intramolecular Hbond substituents is 1. The van der Waals surface area contributed by atoms with Crippen LogP contribution in [-0.2, 0) is 0 Å². The Hall–Kier alpha value is -1.90. The van der Waals surface area contributed by atoms with Crippen LogP contribution in [0.5, 0.6) is 5.75 Å². The molecular formula is C17H13BrN2O3S2. The van der Waals surface area contributed by atoms with E-state index in [0.717, 1.165) is 5.33 Å². The molecule has 0 saturated heterocycles. The molecule has 8 heteroatoms. The lowest BCUT2D eigenvalue weighted by Gasteiger charge is -2.23. The van der Waals surface area contributed by atoms with Crippen molar-refractivity contribution in [1.82, 2.24) is 0 Å². The maximum absolute atomic E-state index is 13.0. The van der Waals surface area contributed by atoms with E-state index in [1.165, 1.54) is 17.8 Å². The summed E-state index contributed by atoms with van der Waals surface area (Å²) in [6.07, 6.45) is 0. The molecule has 0 fully saturated rings. The second-order valence-electron chi connectivity index (χ2n) is 5.25. The number of hydrogen-bond donors (Lipinski definition) is 3. The summed E-state index contributed by atoms with van der Waals surface area (Å²) in [7, 11) is 0. The van der Waals surface area contributed by atoms with Gasteiger partial charge in [-0.25, -0.2) is 0 Å². The zero-order valence-electron chi connectivity index (χ0n) is 12.8. The quantitative estimate of drug-likeness (QED) is 0.250. The van der Waals surface area contributed by atoms with Gasteiger partial charge < -0.3 is 16.2 Å². The van der Waals surface area contributed by atoms with Gasteiger partial charge in [-0.15, -0.1) is 11.8 Å². The number of thioether (sulfide) groups is 1. The number of phenols is 1. The Morgan fingerprint density at radius 1 is 1.20 bits per heavy atom. The third kappa shape index (κ3) is 3.17. The fourth-order valence-corrected chi connectivity index (χ4v) is 4.14. The summed E-state index contributed by atoms with van der Waals surface area (Å²) < 4.78 is 0. The van der Waals surface area contributed by atoms with Crippen LogP contribution in [0.4, 0.5) is 5.69 Å². The van der Waals surface area contributed by atoms with Gasteiger partial charge in [0.2, 0.25) is 0 Å². The molecule has 0 spiro atoms. The van der Waals surface area contributed by atoms with Crippen LogP contribution in [0.25, 0.3) is 0 Å². The molecule has 0 amide bonds. The summed E-state index contributed by atoms with van der Waals surface area (Å²) in [6.45, 7) is 0. The molecule has 2 aromatic rings. The number of thiocarbonyl (C=S) groups is 1. The zero-order valence-corrected chi connectivity index (χ0v) is 16.1. The van der Waals surface area contributed by atoms with Gasteiger partial charge in [0, 0.05) is 27.1 Å². The maximum atomic E-state index is 13.0. The molecule has 2 aromatic carbocycles. The maximum Gasteiger partial charge on any atom is 0.198 e. The number of hydrogen-bond acceptors (Lipinski definition) is 5. The van der Waals surface area contributed by atoms with Crippen molar-refractivity contribution >= 4 is 62.3 Å². The van der Waals surface area contributed by atoms with E-state index in [1.54, 1.807) is 24.3 Å². The van der Waals surface area contributed by atoms with Crippen molar-refractivity contribution in [3.8, 4) is 5.75 Å². The topological polar surface area (TPSA) is 92.4 Å². The zero-order chi connectivity index (χ0) is 18.1. The number of carbonyl (C=O) groups excluding carboxylic acids is 2. The van der Waals surface area contributed by atoms with Crippen LogP contribution in [-0.4, -0.2) is 32.9 Å². The van der Waals surface area contributed by atoms with Crippen molar-refractivity contribution in [2.24, 2.45) is 5.73 Å². The third-order valence-electron chi connectivity index (χ3n) is 3.72. The minimum absolute atomic E-state index is 0.0207. The molecule has 4 N–H and O–H groups in total. The first kappa shape index (κ1) is 17.9. The van der Waals surface area contributed by atoms with Crippen molar-refractivity contribution in [3.63, 3.8) is 0 Å². The number of aromatic hydroxyl groups is 1. The number of rotatable bonds is 4. The van der Waals surface area contributed by atoms with Crippen molar-refractivity contribution < 1.29 is 14.7 Å². The normalized spacial score (nSPS) is 12.5. The number of anilines is 1. The number of ketones is 2. The average Bonchev–Trinajstić information content (AvgIpc) is 2.59. The molecular weight excluding hydrogens is 424 g/mol. The molecule has 128 valence electrons. The summed E-state index contributed by atoms with van der Waals surface area (Å²) in [5, 5.41) is 13.9. The van der Waals surface area contributed by atoms with Gasteiger partial charge in [-0.2, -0.15) is 0 Å². The number of benzene rings is 2. The minimum atomic E-state index is -0.397. The van der Waals surface area contributed by atoms with E-state index < -0.39 is 5.78 Å². The second-order valence-corrected chi connectivity index (χ2v) is 7.62. The Balaban J connectivity index is 2.29. The lowest BCUT2D eigenvalue weighted by molar-refractivity contribution is 0.0977. The van der Waals surface area contributed by atoms with Crippen LogP contribution in [0.3, 0.4) is 0 Å².